The van der Waals surface area contributed by atoms with Crippen molar-refractivity contribution in [1.82, 2.24) is 0 Å². The SMILES string of the molecule is CCCCOC(=O)c1ccc(P(=O)(O)O)cc1. The normalized spacial score (nSPS) is 11.2. The highest BCUT2D eigenvalue weighted by molar-refractivity contribution is 7.60. The fourth-order valence-corrected chi connectivity index (χ4v) is 1.72. The van der Waals surface area contributed by atoms with Gasteiger partial charge in [0, 0.05) is 0 Å². The van der Waals surface area contributed by atoms with E-state index in [1.54, 1.807) is 0 Å². The van der Waals surface area contributed by atoms with Gasteiger partial charge in [0.15, 0.2) is 0 Å². The van der Waals surface area contributed by atoms with Gasteiger partial charge in [0.2, 0.25) is 0 Å². The van der Waals surface area contributed by atoms with Crippen LogP contribution >= 0.6 is 7.60 Å². The van der Waals surface area contributed by atoms with Crippen molar-refractivity contribution in [2.24, 2.45) is 0 Å². The van der Waals surface area contributed by atoms with E-state index >= 15 is 0 Å². The summed E-state index contributed by atoms with van der Waals surface area (Å²) in [6.07, 6.45) is 1.73. The van der Waals surface area contributed by atoms with Crippen molar-refractivity contribution in [3.8, 4) is 0 Å². The van der Waals surface area contributed by atoms with Crippen LogP contribution in [0, 0.1) is 0 Å². The molecule has 1 rings (SSSR count). The molecule has 0 saturated heterocycles. The first-order valence-corrected chi connectivity index (χ1v) is 6.89. The van der Waals surface area contributed by atoms with Gasteiger partial charge in [-0.25, -0.2) is 4.79 Å². The van der Waals surface area contributed by atoms with E-state index in [9.17, 15) is 9.36 Å². The molecule has 0 amide bonds. The van der Waals surface area contributed by atoms with Gasteiger partial charge in [0.1, 0.15) is 0 Å². The first-order valence-electron chi connectivity index (χ1n) is 5.28. The molecular formula is C11H15O5P. The molecule has 0 fully saturated rings. The Bertz CT molecular complexity index is 420. The lowest BCUT2D eigenvalue weighted by atomic mass is 10.2. The highest BCUT2D eigenvalue weighted by Crippen LogP contribution is 2.32. The van der Waals surface area contributed by atoms with E-state index in [0.717, 1.165) is 12.8 Å². The molecule has 2 N–H and O–H groups in total. The molecule has 0 aliphatic rings. The summed E-state index contributed by atoms with van der Waals surface area (Å²) in [7, 11) is -4.25. The summed E-state index contributed by atoms with van der Waals surface area (Å²) in [5.41, 5.74) is 0.290. The summed E-state index contributed by atoms with van der Waals surface area (Å²) in [6, 6.07) is 5.17. The number of esters is 1. The third-order valence-electron chi connectivity index (χ3n) is 2.17. The maximum absolute atomic E-state index is 11.5. The maximum Gasteiger partial charge on any atom is 0.356 e. The second kappa shape index (κ2) is 5.96. The van der Waals surface area contributed by atoms with Crippen molar-refractivity contribution in [2.75, 3.05) is 6.61 Å². The molecule has 0 atom stereocenters. The molecule has 0 heterocycles. The van der Waals surface area contributed by atoms with E-state index in [1.807, 2.05) is 6.92 Å². The molecule has 6 heteroatoms. The number of ether oxygens (including phenoxy) is 1. The maximum atomic E-state index is 11.5. The molecule has 0 saturated carbocycles. The van der Waals surface area contributed by atoms with Crippen LogP contribution in [0.25, 0.3) is 0 Å². The van der Waals surface area contributed by atoms with E-state index in [4.69, 9.17) is 14.5 Å². The van der Waals surface area contributed by atoms with Gasteiger partial charge in [-0.3, -0.25) is 4.57 Å². The predicted molar refractivity (Wildman–Crippen MR) is 63.3 cm³/mol. The third kappa shape index (κ3) is 4.30. The smallest absolute Gasteiger partial charge is 0.356 e. The van der Waals surface area contributed by atoms with E-state index < -0.39 is 13.6 Å². The van der Waals surface area contributed by atoms with Crippen molar-refractivity contribution in [1.29, 1.82) is 0 Å². The Kier molecular flexibility index (Phi) is 4.87. The van der Waals surface area contributed by atoms with Crippen molar-refractivity contribution >= 4 is 18.9 Å². The van der Waals surface area contributed by atoms with Crippen LogP contribution in [0.2, 0.25) is 0 Å². The molecule has 1 aromatic rings. The average Bonchev–Trinajstić information content (AvgIpc) is 2.28. The molecule has 0 aromatic heterocycles. The minimum atomic E-state index is -4.25. The summed E-state index contributed by atoms with van der Waals surface area (Å²) in [5, 5.41) is -0.109. The Morgan fingerprint density at radius 2 is 1.88 bits per heavy atom. The quantitative estimate of drug-likeness (QED) is 0.474. The van der Waals surface area contributed by atoms with E-state index in [1.165, 1.54) is 24.3 Å². The second-order valence-corrected chi connectivity index (χ2v) is 5.18. The van der Waals surface area contributed by atoms with Gasteiger partial charge < -0.3 is 14.5 Å². The van der Waals surface area contributed by atoms with Gasteiger partial charge in [-0.2, -0.15) is 0 Å². The summed E-state index contributed by atoms with van der Waals surface area (Å²) < 4.78 is 15.9. The summed E-state index contributed by atoms with van der Waals surface area (Å²) >= 11 is 0. The Balaban J connectivity index is 2.68. The number of hydrogen-bond acceptors (Lipinski definition) is 3. The van der Waals surface area contributed by atoms with Crippen LogP contribution in [0.1, 0.15) is 30.1 Å². The van der Waals surface area contributed by atoms with Gasteiger partial charge in [0.05, 0.1) is 17.5 Å². The zero-order valence-electron chi connectivity index (χ0n) is 9.50. The first-order chi connectivity index (χ1) is 7.95. The molecule has 17 heavy (non-hydrogen) atoms. The largest absolute Gasteiger partial charge is 0.462 e. The number of carbonyl (C=O) groups excluding carboxylic acids is 1. The number of unbranched alkanes of at least 4 members (excludes halogenated alkanes) is 1. The molecule has 0 spiro atoms. The van der Waals surface area contributed by atoms with Gasteiger partial charge in [-0.15, -0.1) is 0 Å². The van der Waals surface area contributed by atoms with Gasteiger partial charge >= 0.3 is 13.6 Å². The number of benzene rings is 1. The zero-order chi connectivity index (χ0) is 12.9. The van der Waals surface area contributed by atoms with Gasteiger partial charge in [-0.05, 0) is 30.7 Å². The fourth-order valence-electron chi connectivity index (χ4n) is 1.18. The van der Waals surface area contributed by atoms with Crippen LogP contribution in [0.15, 0.2) is 24.3 Å². The molecule has 1 aromatic carbocycles. The fraction of sp³-hybridized carbons (Fsp3) is 0.364. The molecule has 0 aliphatic carbocycles. The standard InChI is InChI=1S/C11H15O5P/c1-2-3-8-16-11(12)9-4-6-10(7-5-9)17(13,14)15/h4-7H,2-3,8H2,1H3,(H2,13,14,15). The van der Waals surface area contributed by atoms with E-state index in [-0.39, 0.29) is 5.30 Å². The van der Waals surface area contributed by atoms with Crippen LogP contribution in [0.4, 0.5) is 0 Å². The molecule has 5 nitrogen and oxygen atoms in total. The lowest BCUT2D eigenvalue weighted by Gasteiger charge is -2.06. The third-order valence-corrected chi connectivity index (χ3v) is 3.14. The lowest BCUT2D eigenvalue weighted by molar-refractivity contribution is 0.0499. The van der Waals surface area contributed by atoms with Crippen molar-refractivity contribution in [3.63, 3.8) is 0 Å². The van der Waals surface area contributed by atoms with Crippen molar-refractivity contribution in [2.45, 2.75) is 19.8 Å². The molecule has 0 aliphatic heterocycles. The molecular weight excluding hydrogens is 243 g/mol. The number of hydrogen-bond donors (Lipinski definition) is 2. The van der Waals surface area contributed by atoms with Gasteiger partial charge in [0.25, 0.3) is 0 Å². The summed E-state index contributed by atoms with van der Waals surface area (Å²) in [4.78, 5) is 29.2. The Morgan fingerprint density at radius 3 is 2.35 bits per heavy atom. The lowest BCUT2D eigenvalue weighted by Crippen LogP contribution is -2.09. The average molecular weight is 258 g/mol. The van der Waals surface area contributed by atoms with E-state index in [0.29, 0.717) is 12.2 Å². The van der Waals surface area contributed by atoms with Crippen LogP contribution in [-0.4, -0.2) is 22.4 Å². The molecule has 94 valence electrons. The minimum Gasteiger partial charge on any atom is -0.462 e. The van der Waals surface area contributed by atoms with Crippen LogP contribution < -0.4 is 5.30 Å². The Hall–Kier alpha value is -1.16. The Morgan fingerprint density at radius 1 is 1.29 bits per heavy atom. The summed E-state index contributed by atoms with van der Waals surface area (Å²) in [6.45, 7) is 2.35. The summed E-state index contributed by atoms with van der Waals surface area (Å²) in [5.74, 6) is -0.476. The Labute approximate surface area is 99.6 Å². The van der Waals surface area contributed by atoms with Gasteiger partial charge in [-0.1, -0.05) is 13.3 Å². The van der Waals surface area contributed by atoms with Crippen molar-refractivity contribution < 1.29 is 23.9 Å². The minimum absolute atomic E-state index is 0.109. The number of carbonyl (C=O) groups is 1. The molecule has 0 bridgehead atoms. The predicted octanol–water partition coefficient (Wildman–Crippen LogP) is 1.45. The highest BCUT2D eigenvalue weighted by atomic mass is 31.2. The highest BCUT2D eigenvalue weighted by Gasteiger charge is 2.17. The van der Waals surface area contributed by atoms with E-state index in [2.05, 4.69) is 0 Å². The first kappa shape index (κ1) is 13.9. The monoisotopic (exact) mass is 258 g/mol. The molecule has 0 radical (unpaired) electrons. The van der Waals surface area contributed by atoms with Crippen LogP contribution in [0.3, 0.4) is 0 Å². The zero-order valence-corrected chi connectivity index (χ0v) is 10.4. The second-order valence-electron chi connectivity index (χ2n) is 3.58. The van der Waals surface area contributed by atoms with Crippen LogP contribution in [-0.2, 0) is 9.30 Å². The van der Waals surface area contributed by atoms with Crippen molar-refractivity contribution in [3.05, 3.63) is 29.8 Å². The topological polar surface area (TPSA) is 83.8 Å². The van der Waals surface area contributed by atoms with Crippen LogP contribution in [0.5, 0.6) is 0 Å². The molecule has 0 unspecified atom stereocenters. The number of rotatable bonds is 5.